The van der Waals surface area contributed by atoms with Gasteiger partial charge >= 0.3 is 0 Å². The standard InChI is InChI=1S/C23H24O2/c1-15-13-16(2)22(17(3)14-15)23(4,18-5-9-20(24)10-6-18)19-7-11-21(25)12-8-19/h5-14,24-25H,1-4H3. The summed E-state index contributed by atoms with van der Waals surface area (Å²) in [5.74, 6) is 0.517. The molecule has 0 saturated heterocycles. The first-order chi connectivity index (χ1) is 11.8. The topological polar surface area (TPSA) is 40.5 Å². The molecule has 0 atom stereocenters. The zero-order valence-electron chi connectivity index (χ0n) is 15.2. The first-order valence-electron chi connectivity index (χ1n) is 8.49. The van der Waals surface area contributed by atoms with Gasteiger partial charge in [-0.2, -0.15) is 0 Å². The van der Waals surface area contributed by atoms with Crippen LogP contribution in [0.2, 0.25) is 0 Å². The Kier molecular flexibility index (Phi) is 4.30. The van der Waals surface area contributed by atoms with Crippen molar-refractivity contribution in [1.82, 2.24) is 0 Å². The molecule has 2 heteroatoms. The number of aromatic hydroxyl groups is 2. The van der Waals surface area contributed by atoms with Crippen LogP contribution >= 0.6 is 0 Å². The van der Waals surface area contributed by atoms with Crippen LogP contribution in [0.15, 0.2) is 60.7 Å². The first-order valence-corrected chi connectivity index (χ1v) is 8.49. The smallest absolute Gasteiger partial charge is 0.115 e. The molecular weight excluding hydrogens is 308 g/mol. The van der Waals surface area contributed by atoms with E-state index in [0.717, 1.165) is 11.1 Å². The summed E-state index contributed by atoms with van der Waals surface area (Å²) in [6, 6.07) is 19.2. The lowest BCUT2D eigenvalue weighted by molar-refractivity contribution is 0.474. The van der Waals surface area contributed by atoms with Crippen molar-refractivity contribution in [2.45, 2.75) is 33.1 Å². The van der Waals surface area contributed by atoms with Crippen molar-refractivity contribution in [1.29, 1.82) is 0 Å². The van der Waals surface area contributed by atoms with E-state index in [1.54, 1.807) is 24.3 Å². The van der Waals surface area contributed by atoms with Crippen LogP contribution in [0.5, 0.6) is 11.5 Å². The van der Waals surface area contributed by atoms with Crippen molar-refractivity contribution in [2.75, 3.05) is 0 Å². The predicted molar refractivity (Wildman–Crippen MR) is 102 cm³/mol. The van der Waals surface area contributed by atoms with Crippen LogP contribution in [0.1, 0.15) is 40.3 Å². The van der Waals surface area contributed by atoms with Gasteiger partial charge in [-0.15, -0.1) is 0 Å². The lowest BCUT2D eigenvalue weighted by atomic mass is 9.68. The minimum atomic E-state index is -0.386. The van der Waals surface area contributed by atoms with Gasteiger partial charge in [0.25, 0.3) is 0 Å². The largest absolute Gasteiger partial charge is 0.508 e. The number of phenols is 2. The Bertz CT molecular complexity index is 822. The van der Waals surface area contributed by atoms with Crippen molar-refractivity contribution in [3.05, 3.63) is 94.0 Å². The van der Waals surface area contributed by atoms with E-state index in [4.69, 9.17) is 0 Å². The van der Waals surface area contributed by atoms with E-state index in [-0.39, 0.29) is 16.9 Å². The SMILES string of the molecule is Cc1cc(C)c(C(C)(c2ccc(O)cc2)c2ccc(O)cc2)c(C)c1. The molecule has 0 amide bonds. The molecule has 3 aromatic rings. The highest BCUT2D eigenvalue weighted by molar-refractivity contribution is 5.56. The maximum atomic E-state index is 9.71. The van der Waals surface area contributed by atoms with E-state index in [1.165, 1.54) is 22.3 Å². The van der Waals surface area contributed by atoms with Crippen LogP contribution in [0.4, 0.5) is 0 Å². The second kappa shape index (κ2) is 6.29. The molecule has 25 heavy (non-hydrogen) atoms. The molecule has 3 aromatic carbocycles. The van der Waals surface area contributed by atoms with Gasteiger partial charge in [0.2, 0.25) is 0 Å². The molecule has 128 valence electrons. The Balaban J connectivity index is 2.33. The van der Waals surface area contributed by atoms with E-state index < -0.39 is 0 Å². The van der Waals surface area contributed by atoms with Crippen LogP contribution < -0.4 is 0 Å². The Morgan fingerprint density at radius 2 is 1.00 bits per heavy atom. The van der Waals surface area contributed by atoms with E-state index in [2.05, 4.69) is 39.8 Å². The number of hydrogen-bond donors (Lipinski definition) is 2. The average molecular weight is 332 g/mol. The molecule has 3 rings (SSSR count). The summed E-state index contributed by atoms with van der Waals surface area (Å²) in [4.78, 5) is 0. The molecule has 0 aliphatic rings. The monoisotopic (exact) mass is 332 g/mol. The third-order valence-electron chi connectivity index (χ3n) is 5.07. The van der Waals surface area contributed by atoms with Crippen LogP contribution in [0.25, 0.3) is 0 Å². The zero-order chi connectivity index (χ0) is 18.2. The summed E-state index contributed by atoms with van der Waals surface area (Å²) >= 11 is 0. The molecule has 0 bridgehead atoms. The molecule has 0 unspecified atom stereocenters. The highest BCUT2D eigenvalue weighted by Gasteiger charge is 2.34. The molecule has 0 aliphatic carbocycles. The molecule has 2 N–H and O–H groups in total. The van der Waals surface area contributed by atoms with E-state index in [9.17, 15) is 10.2 Å². The van der Waals surface area contributed by atoms with E-state index in [0.29, 0.717) is 0 Å². The molecule has 0 spiro atoms. The summed E-state index contributed by atoms with van der Waals surface area (Å²) < 4.78 is 0. The Morgan fingerprint density at radius 1 is 0.640 bits per heavy atom. The molecule has 0 radical (unpaired) electrons. The van der Waals surface area contributed by atoms with Crippen molar-refractivity contribution >= 4 is 0 Å². The molecule has 0 saturated carbocycles. The van der Waals surface area contributed by atoms with Gasteiger partial charge in [0.1, 0.15) is 11.5 Å². The van der Waals surface area contributed by atoms with Gasteiger partial charge in [0, 0.05) is 5.41 Å². The predicted octanol–water partition coefficient (Wildman–Crippen LogP) is 5.38. The highest BCUT2D eigenvalue weighted by atomic mass is 16.3. The van der Waals surface area contributed by atoms with Crippen molar-refractivity contribution in [2.24, 2.45) is 0 Å². The number of hydrogen-bond acceptors (Lipinski definition) is 2. The van der Waals surface area contributed by atoms with Gasteiger partial charge in [-0.3, -0.25) is 0 Å². The third-order valence-corrected chi connectivity index (χ3v) is 5.07. The van der Waals surface area contributed by atoms with Gasteiger partial charge in [0.15, 0.2) is 0 Å². The van der Waals surface area contributed by atoms with E-state index in [1.807, 2.05) is 24.3 Å². The quantitative estimate of drug-likeness (QED) is 0.632. The summed E-state index contributed by atoms with van der Waals surface area (Å²) in [5.41, 5.74) is 6.80. The number of aryl methyl sites for hydroxylation is 3. The van der Waals surface area contributed by atoms with Gasteiger partial charge < -0.3 is 10.2 Å². The van der Waals surface area contributed by atoms with Crippen LogP contribution in [-0.4, -0.2) is 10.2 Å². The number of benzene rings is 3. The van der Waals surface area contributed by atoms with Crippen LogP contribution in [0, 0.1) is 20.8 Å². The van der Waals surface area contributed by atoms with Crippen LogP contribution in [0.3, 0.4) is 0 Å². The lowest BCUT2D eigenvalue weighted by Crippen LogP contribution is -2.27. The fourth-order valence-electron chi connectivity index (χ4n) is 4.01. The molecule has 0 aromatic heterocycles. The molecular formula is C23H24O2. The summed E-state index contributed by atoms with van der Waals surface area (Å²) in [6.45, 7) is 8.61. The van der Waals surface area contributed by atoms with Crippen LogP contribution in [-0.2, 0) is 5.41 Å². The van der Waals surface area contributed by atoms with Crippen molar-refractivity contribution in [3.8, 4) is 11.5 Å². The van der Waals surface area contributed by atoms with E-state index >= 15 is 0 Å². The normalized spacial score (nSPS) is 11.5. The Labute approximate surface area is 149 Å². The maximum Gasteiger partial charge on any atom is 0.115 e. The van der Waals surface area contributed by atoms with Gasteiger partial charge in [-0.25, -0.2) is 0 Å². The lowest BCUT2D eigenvalue weighted by Gasteiger charge is -2.35. The highest BCUT2D eigenvalue weighted by Crippen LogP contribution is 2.43. The van der Waals surface area contributed by atoms with Gasteiger partial charge in [-0.1, -0.05) is 42.0 Å². The summed E-state index contributed by atoms with van der Waals surface area (Å²) in [5, 5.41) is 19.4. The molecule has 0 heterocycles. The second-order valence-electron chi connectivity index (χ2n) is 6.99. The summed E-state index contributed by atoms with van der Waals surface area (Å²) in [7, 11) is 0. The number of rotatable bonds is 3. The van der Waals surface area contributed by atoms with Crippen molar-refractivity contribution in [3.63, 3.8) is 0 Å². The minimum absolute atomic E-state index is 0.258. The fourth-order valence-corrected chi connectivity index (χ4v) is 4.01. The summed E-state index contributed by atoms with van der Waals surface area (Å²) in [6.07, 6.45) is 0. The third kappa shape index (κ3) is 3.00. The first kappa shape index (κ1) is 17.1. The Morgan fingerprint density at radius 3 is 1.36 bits per heavy atom. The van der Waals surface area contributed by atoms with Crippen molar-refractivity contribution < 1.29 is 10.2 Å². The fraction of sp³-hybridized carbons (Fsp3) is 0.217. The Hall–Kier alpha value is -2.74. The maximum absolute atomic E-state index is 9.71. The van der Waals surface area contributed by atoms with Gasteiger partial charge in [0.05, 0.1) is 0 Å². The number of phenolic OH excluding ortho intramolecular Hbond substituents is 2. The average Bonchev–Trinajstić information content (AvgIpc) is 2.54. The molecule has 0 aliphatic heterocycles. The molecule has 2 nitrogen and oxygen atoms in total. The zero-order valence-corrected chi connectivity index (χ0v) is 15.2. The second-order valence-corrected chi connectivity index (χ2v) is 6.99. The minimum Gasteiger partial charge on any atom is -0.508 e. The molecule has 0 fully saturated rings. The van der Waals surface area contributed by atoms with Gasteiger partial charge in [-0.05, 0) is 79.8 Å².